The summed E-state index contributed by atoms with van der Waals surface area (Å²) in [6.45, 7) is 5.89. The first-order valence-electron chi connectivity index (χ1n) is 6.73. The van der Waals surface area contributed by atoms with Gasteiger partial charge in [0.2, 0.25) is 0 Å². The third-order valence-electron chi connectivity index (χ3n) is 3.32. The molecule has 0 amide bonds. The lowest BCUT2D eigenvalue weighted by Gasteiger charge is -2.12. The Hall–Kier alpha value is -1.78. The van der Waals surface area contributed by atoms with Gasteiger partial charge in [-0.2, -0.15) is 0 Å². The van der Waals surface area contributed by atoms with E-state index in [0.717, 1.165) is 11.6 Å². The smallest absolute Gasteiger partial charge is 0.311 e. The van der Waals surface area contributed by atoms with Crippen molar-refractivity contribution in [2.45, 2.75) is 45.8 Å². The van der Waals surface area contributed by atoms with Crippen LogP contribution in [0.2, 0.25) is 0 Å². The number of ether oxygens (including phenoxy) is 1. The lowest BCUT2D eigenvalue weighted by atomic mass is 10.2. The fourth-order valence-corrected chi connectivity index (χ4v) is 2.19. The van der Waals surface area contributed by atoms with E-state index in [0.29, 0.717) is 11.8 Å². The molecular weight excluding hydrogens is 244 g/mol. The first-order chi connectivity index (χ1) is 9.01. The van der Waals surface area contributed by atoms with E-state index in [2.05, 4.69) is 12.2 Å². The highest BCUT2D eigenvalue weighted by atomic mass is 16.6. The second-order valence-corrected chi connectivity index (χ2v) is 5.26. The van der Waals surface area contributed by atoms with Crippen LogP contribution in [0.15, 0.2) is 18.2 Å². The SMILES string of the molecule is CCC1CC1Nc1ccc([N+](=O)[O-])c(OC(C)C)c1. The molecule has 0 heterocycles. The highest BCUT2D eigenvalue weighted by Crippen LogP contribution is 2.38. The molecule has 0 aromatic heterocycles. The quantitative estimate of drug-likeness (QED) is 0.630. The molecular formula is C14H20N2O3. The van der Waals surface area contributed by atoms with E-state index < -0.39 is 4.92 Å². The van der Waals surface area contributed by atoms with Crippen molar-refractivity contribution in [3.05, 3.63) is 28.3 Å². The van der Waals surface area contributed by atoms with Crippen molar-refractivity contribution in [2.24, 2.45) is 5.92 Å². The minimum Gasteiger partial charge on any atom is -0.484 e. The van der Waals surface area contributed by atoms with Crippen LogP contribution < -0.4 is 10.1 Å². The average molecular weight is 264 g/mol. The Bertz CT molecular complexity index is 474. The van der Waals surface area contributed by atoms with Gasteiger partial charge in [0, 0.05) is 23.9 Å². The minimum absolute atomic E-state index is 0.0158. The molecule has 2 rings (SSSR count). The summed E-state index contributed by atoms with van der Waals surface area (Å²) in [6.07, 6.45) is 2.26. The summed E-state index contributed by atoms with van der Waals surface area (Å²) in [5.41, 5.74) is 0.907. The molecule has 1 aromatic carbocycles. The molecule has 1 aliphatic rings. The van der Waals surface area contributed by atoms with Gasteiger partial charge in [0.25, 0.3) is 0 Å². The molecule has 5 heteroatoms. The van der Waals surface area contributed by atoms with E-state index in [1.807, 2.05) is 13.8 Å². The van der Waals surface area contributed by atoms with Gasteiger partial charge in [-0.05, 0) is 32.3 Å². The number of hydrogen-bond donors (Lipinski definition) is 1. The van der Waals surface area contributed by atoms with Gasteiger partial charge >= 0.3 is 5.69 Å². The van der Waals surface area contributed by atoms with Gasteiger partial charge < -0.3 is 10.1 Å². The maximum absolute atomic E-state index is 11.0. The van der Waals surface area contributed by atoms with E-state index in [1.165, 1.54) is 18.9 Å². The van der Waals surface area contributed by atoms with Crippen LogP contribution in [0.25, 0.3) is 0 Å². The number of nitro benzene ring substituents is 1. The number of benzene rings is 1. The topological polar surface area (TPSA) is 64.4 Å². The molecule has 0 radical (unpaired) electrons. The van der Waals surface area contributed by atoms with E-state index in [-0.39, 0.29) is 11.8 Å². The van der Waals surface area contributed by atoms with E-state index in [4.69, 9.17) is 4.74 Å². The number of nitrogens with one attached hydrogen (secondary N) is 1. The molecule has 1 N–H and O–H groups in total. The van der Waals surface area contributed by atoms with Crippen molar-refractivity contribution >= 4 is 11.4 Å². The molecule has 0 spiro atoms. The molecule has 0 saturated heterocycles. The van der Waals surface area contributed by atoms with Gasteiger partial charge in [0.1, 0.15) is 0 Å². The molecule has 2 unspecified atom stereocenters. The molecule has 0 bridgehead atoms. The zero-order chi connectivity index (χ0) is 14.0. The molecule has 1 aromatic rings. The van der Waals surface area contributed by atoms with Gasteiger partial charge in [-0.25, -0.2) is 0 Å². The lowest BCUT2D eigenvalue weighted by molar-refractivity contribution is -0.386. The fraction of sp³-hybridized carbons (Fsp3) is 0.571. The summed E-state index contributed by atoms with van der Waals surface area (Å²) in [6, 6.07) is 5.47. The normalized spacial score (nSPS) is 21.3. The third kappa shape index (κ3) is 3.36. The van der Waals surface area contributed by atoms with Crippen molar-refractivity contribution in [1.29, 1.82) is 0 Å². The van der Waals surface area contributed by atoms with Crippen LogP contribution in [0.5, 0.6) is 5.75 Å². The van der Waals surface area contributed by atoms with Crippen molar-refractivity contribution in [3.63, 3.8) is 0 Å². The van der Waals surface area contributed by atoms with Gasteiger partial charge in [0.05, 0.1) is 11.0 Å². The number of hydrogen-bond acceptors (Lipinski definition) is 4. The van der Waals surface area contributed by atoms with Gasteiger partial charge in [-0.1, -0.05) is 13.3 Å². The largest absolute Gasteiger partial charge is 0.484 e. The Labute approximate surface area is 113 Å². The van der Waals surface area contributed by atoms with E-state index in [9.17, 15) is 10.1 Å². The molecule has 104 valence electrons. The Morgan fingerprint density at radius 3 is 2.79 bits per heavy atom. The van der Waals surface area contributed by atoms with E-state index >= 15 is 0 Å². The molecule has 1 aliphatic carbocycles. The highest BCUT2D eigenvalue weighted by Gasteiger charge is 2.35. The molecule has 2 atom stereocenters. The Kier molecular flexibility index (Phi) is 3.93. The van der Waals surface area contributed by atoms with Crippen molar-refractivity contribution < 1.29 is 9.66 Å². The predicted octanol–water partition coefficient (Wildman–Crippen LogP) is 3.59. The summed E-state index contributed by atoms with van der Waals surface area (Å²) in [5.74, 6) is 1.06. The summed E-state index contributed by atoms with van der Waals surface area (Å²) in [5, 5.41) is 14.3. The first kappa shape index (κ1) is 13.6. The lowest BCUT2D eigenvalue weighted by Crippen LogP contribution is -2.09. The predicted molar refractivity (Wildman–Crippen MR) is 74.7 cm³/mol. The van der Waals surface area contributed by atoms with Crippen LogP contribution in [-0.2, 0) is 0 Å². The summed E-state index contributed by atoms with van der Waals surface area (Å²) >= 11 is 0. The molecule has 19 heavy (non-hydrogen) atoms. The van der Waals surface area contributed by atoms with E-state index in [1.54, 1.807) is 12.1 Å². The van der Waals surface area contributed by atoms with Crippen molar-refractivity contribution in [3.8, 4) is 5.75 Å². The van der Waals surface area contributed by atoms with Crippen LogP contribution in [0.3, 0.4) is 0 Å². The monoisotopic (exact) mass is 264 g/mol. The number of rotatable bonds is 6. The second kappa shape index (κ2) is 5.47. The third-order valence-corrected chi connectivity index (χ3v) is 3.32. The standard InChI is InChI=1S/C14H20N2O3/c1-4-10-7-12(10)15-11-5-6-13(16(17)18)14(8-11)19-9(2)3/h5-6,8-10,12,15H,4,7H2,1-3H3. The van der Waals surface area contributed by atoms with Crippen LogP contribution in [0.4, 0.5) is 11.4 Å². The Morgan fingerprint density at radius 2 is 2.26 bits per heavy atom. The summed E-state index contributed by atoms with van der Waals surface area (Å²) < 4.78 is 5.52. The number of nitro groups is 1. The second-order valence-electron chi connectivity index (χ2n) is 5.26. The van der Waals surface area contributed by atoms with Crippen molar-refractivity contribution in [2.75, 3.05) is 5.32 Å². The maximum atomic E-state index is 11.0. The summed E-state index contributed by atoms with van der Waals surface area (Å²) in [4.78, 5) is 10.5. The van der Waals surface area contributed by atoms with Crippen LogP contribution in [0, 0.1) is 16.0 Å². The minimum atomic E-state index is -0.409. The zero-order valence-electron chi connectivity index (χ0n) is 11.6. The van der Waals surface area contributed by atoms with Gasteiger partial charge in [-0.3, -0.25) is 10.1 Å². The number of anilines is 1. The van der Waals surface area contributed by atoms with Crippen LogP contribution in [0.1, 0.15) is 33.6 Å². The van der Waals surface area contributed by atoms with Gasteiger partial charge in [0.15, 0.2) is 5.75 Å². The molecule has 0 aliphatic heterocycles. The van der Waals surface area contributed by atoms with Crippen LogP contribution >= 0.6 is 0 Å². The first-order valence-corrected chi connectivity index (χ1v) is 6.73. The number of nitrogens with zero attached hydrogens (tertiary/aromatic N) is 1. The Morgan fingerprint density at radius 1 is 1.53 bits per heavy atom. The molecule has 1 saturated carbocycles. The van der Waals surface area contributed by atoms with Crippen molar-refractivity contribution in [1.82, 2.24) is 0 Å². The van der Waals surface area contributed by atoms with Crippen LogP contribution in [-0.4, -0.2) is 17.1 Å². The summed E-state index contributed by atoms with van der Waals surface area (Å²) in [7, 11) is 0. The molecule has 1 fully saturated rings. The molecule has 5 nitrogen and oxygen atoms in total. The van der Waals surface area contributed by atoms with Gasteiger partial charge in [-0.15, -0.1) is 0 Å². The fourth-order valence-electron chi connectivity index (χ4n) is 2.19. The zero-order valence-corrected chi connectivity index (χ0v) is 11.6. The maximum Gasteiger partial charge on any atom is 0.311 e. The average Bonchev–Trinajstić information content (AvgIpc) is 3.06. The Balaban J connectivity index is 2.15. The highest BCUT2D eigenvalue weighted by molar-refractivity contribution is 5.58.